The highest BCUT2D eigenvalue weighted by Crippen LogP contribution is 2.39. The van der Waals surface area contributed by atoms with Gasteiger partial charge in [0.15, 0.2) is 9.84 Å². The third-order valence-corrected chi connectivity index (χ3v) is 6.12. The van der Waals surface area contributed by atoms with Gasteiger partial charge in [-0.15, -0.1) is 0 Å². The first-order valence-electron chi connectivity index (χ1n) is 7.37. The summed E-state index contributed by atoms with van der Waals surface area (Å²) in [5, 5.41) is 14.0. The van der Waals surface area contributed by atoms with Crippen molar-refractivity contribution >= 4 is 21.5 Å². The van der Waals surface area contributed by atoms with Crippen LogP contribution in [0.4, 0.5) is 4.39 Å². The summed E-state index contributed by atoms with van der Waals surface area (Å²) in [6, 6.07) is 2.46. The summed E-state index contributed by atoms with van der Waals surface area (Å²) < 4.78 is 36.7. The van der Waals surface area contributed by atoms with E-state index in [1.165, 1.54) is 12.1 Å². The van der Waals surface area contributed by atoms with Gasteiger partial charge in [0.05, 0.1) is 23.1 Å². The van der Waals surface area contributed by atoms with E-state index in [1.54, 1.807) is 0 Å². The molecule has 2 N–H and O–H groups in total. The Kier molecular flexibility index (Phi) is 3.87. The number of rotatable bonds is 2. The van der Waals surface area contributed by atoms with E-state index in [-0.39, 0.29) is 29.6 Å². The molecule has 1 fully saturated rings. The van der Waals surface area contributed by atoms with Crippen molar-refractivity contribution in [2.24, 2.45) is 11.0 Å². The van der Waals surface area contributed by atoms with Crippen molar-refractivity contribution in [1.82, 2.24) is 5.43 Å². The van der Waals surface area contributed by atoms with E-state index in [4.69, 9.17) is 0 Å². The fourth-order valence-corrected chi connectivity index (χ4v) is 4.92. The maximum absolute atomic E-state index is 13.9. The minimum Gasteiger partial charge on any atom is -0.507 e. The van der Waals surface area contributed by atoms with Gasteiger partial charge < -0.3 is 5.11 Å². The van der Waals surface area contributed by atoms with Gasteiger partial charge in [0, 0.05) is 11.1 Å². The van der Waals surface area contributed by atoms with Crippen LogP contribution in [0, 0.1) is 11.7 Å². The van der Waals surface area contributed by atoms with Crippen LogP contribution >= 0.6 is 0 Å². The maximum Gasteiger partial charge on any atom is 0.244 e. The van der Waals surface area contributed by atoms with Gasteiger partial charge in [-0.3, -0.25) is 4.79 Å². The SMILES string of the molecule is C[C@H]1C/C(=N\NC(=O)[C@@H]2CCS(=O)(=O)C2)c2c(O)ccc(F)c21. The molecule has 8 heteroatoms. The lowest BCUT2D eigenvalue weighted by Crippen LogP contribution is -2.28. The molecule has 0 unspecified atom stereocenters. The molecular weight excluding hydrogens is 323 g/mol. The zero-order valence-electron chi connectivity index (χ0n) is 12.5. The van der Waals surface area contributed by atoms with Crippen LogP contribution in [-0.4, -0.2) is 36.6 Å². The molecule has 1 aromatic rings. The number of hydrogen-bond donors (Lipinski definition) is 2. The molecule has 1 amide bonds. The average molecular weight is 340 g/mol. The summed E-state index contributed by atoms with van der Waals surface area (Å²) in [6.07, 6.45) is 0.680. The number of phenols is 1. The molecule has 0 aromatic heterocycles. The number of nitrogens with zero attached hydrogens (tertiary/aromatic N) is 1. The minimum atomic E-state index is -3.15. The van der Waals surface area contributed by atoms with Gasteiger partial charge in [0.1, 0.15) is 11.6 Å². The van der Waals surface area contributed by atoms with Crippen LogP contribution in [0.2, 0.25) is 0 Å². The van der Waals surface area contributed by atoms with Gasteiger partial charge in [-0.2, -0.15) is 5.10 Å². The number of aromatic hydroxyl groups is 1. The number of amides is 1. The third kappa shape index (κ3) is 2.95. The molecule has 1 aromatic carbocycles. The van der Waals surface area contributed by atoms with Crippen molar-refractivity contribution in [3.05, 3.63) is 29.1 Å². The van der Waals surface area contributed by atoms with Crippen LogP contribution in [-0.2, 0) is 14.6 Å². The van der Waals surface area contributed by atoms with Crippen molar-refractivity contribution in [3.63, 3.8) is 0 Å². The molecule has 1 saturated heterocycles. The van der Waals surface area contributed by atoms with Crippen LogP contribution in [0.5, 0.6) is 5.75 Å². The molecule has 1 aliphatic carbocycles. The Morgan fingerprint density at radius 1 is 1.43 bits per heavy atom. The summed E-state index contributed by atoms with van der Waals surface area (Å²) in [5.74, 6) is -1.88. The summed E-state index contributed by atoms with van der Waals surface area (Å²) >= 11 is 0. The van der Waals surface area contributed by atoms with E-state index in [1.807, 2.05) is 6.92 Å². The van der Waals surface area contributed by atoms with Crippen LogP contribution < -0.4 is 5.43 Å². The van der Waals surface area contributed by atoms with E-state index >= 15 is 0 Å². The second-order valence-electron chi connectivity index (χ2n) is 6.09. The van der Waals surface area contributed by atoms with Crippen molar-refractivity contribution in [2.45, 2.75) is 25.7 Å². The number of carbonyl (C=O) groups excluding carboxylic acids is 1. The normalized spacial score (nSPS) is 27.1. The average Bonchev–Trinajstić information content (AvgIpc) is 3.01. The fraction of sp³-hybridized carbons (Fsp3) is 0.467. The van der Waals surface area contributed by atoms with Gasteiger partial charge in [-0.1, -0.05) is 6.92 Å². The lowest BCUT2D eigenvalue weighted by atomic mass is 10.0. The van der Waals surface area contributed by atoms with Crippen LogP contribution in [0.1, 0.15) is 36.8 Å². The zero-order valence-corrected chi connectivity index (χ0v) is 13.4. The van der Waals surface area contributed by atoms with E-state index in [0.29, 0.717) is 23.3 Å². The largest absolute Gasteiger partial charge is 0.507 e. The number of sulfone groups is 1. The van der Waals surface area contributed by atoms with Gasteiger partial charge in [-0.25, -0.2) is 18.2 Å². The molecule has 124 valence electrons. The second kappa shape index (κ2) is 5.59. The monoisotopic (exact) mass is 340 g/mol. The highest BCUT2D eigenvalue weighted by molar-refractivity contribution is 7.91. The van der Waals surface area contributed by atoms with Crippen LogP contribution in [0.25, 0.3) is 0 Å². The lowest BCUT2D eigenvalue weighted by Gasteiger charge is -2.08. The molecule has 1 aliphatic heterocycles. The number of hydrazone groups is 1. The Morgan fingerprint density at radius 3 is 2.83 bits per heavy atom. The number of nitrogens with one attached hydrogen (secondary N) is 1. The van der Waals surface area contributed by atoms with Gasteiger partial charge in [0.25, 0.3) is 0 Å². The Hall–Kier alpha value is -1.96. The Bertz CT molecular complexity index is 804. The molecule has 0 spiro atoms. The Balaban J connectivity index is 1.81. The second-order valence-corrected chi connectivity index (χ2v) is 8.32. The van der Waals surface area contributed by atoms with Crippen molar-refractivity contribution in [1.29, 1.82) is 0 Å². The van der Waals surface area contributed by atoms with E-state index in [2.05, 4.69) is 10.5 Å². The van der Waals surface area contributed by atoms with Gasteiger partial charge in [0.2, 0.25) is 5.91 Å². The highest BCUT2D eigenvalue weighted by atomic mass is 32.2. The van der Waals surface area contributed by atoms with Crippen molar-refractivity contribution in [3.8, 4) is 5.75 Å². The first-order valence-corrected chi connectivity index (χ1v) is 9.19. The van der Waals surface area contributed by atoms with Crippen molar-refractivity contribution in [2.75, 3.05) is 11.5 Å². The molecule has 23 heavy (non-hydrogen) atoms. The summed E-state index contributed by atoms with van der Waals surface area (Å²) in [5.41, 5.74) is 3.47. The van der Waals surface area contributed by atoms with E-state index in [0.717, 1.165) is 0 Å². The molecule has 0 saturated carbocycles. The standard InChI is InChI=1S/C15H17FN2O4S/c1-8-6-11(14-12(19)3-2-10(16)13(8)14)17-18-15(20)9-4-5-23(21,22)7-9/h2-3,8-9,19H,4-7H2,1H3,(H,18,20)/b17-11+/t8-,9+/m0/s1. The lowest BCUT2D eigenvalue weighted by molar-refractivity contribution is -0.124. The third-order valence-electron chi connectivity index (χ3n) is 4.36. The highest BCUT2D eigenvalue weighted by Gasteiger charge is 2.34. The predicted molar refractivity (Wildman–Crippen MR) is 82.5 cm³/mol. The van der Waals surface area contributed by atoms with Gasteiger partial charge in [-0.05, 0) is 30.9 Å². The van der Waals surface area contributed by atoms with E-state index in [9.17, 15) is 22.7 Å². The van der Waals surface area contributed by atoms with Crippen LogP contribution in [0.15, 0.2) is 17.2 Å². The summed E-state index contributed by atoms with van der Waals surface area (Å²) in [7, 11) is -3.15. The van der Waals surface area contributed by atoms with E-state index < -0.39 is 27.5 Å². The summed E-state index contributed by atoms with van der Waals surface area (Å²) in [6.45, 7) is 1.81. The molecule has 0 radical (unpaired) electrons. The maximum atomic E-state index is 13.9. The molecule has 0 bridgehead atoms. The molecule has 3 rings (SSSR count). The number of fused-ring (bicyclic) bond motifs is 1. The number of carbonyl (C=O) groups is 1. The molecular formula is C15H17FN2O4S. The number of phenolic OH excluding ortho intramolecular Hbond substituents is 1. The van der Waals surface area contributed by atoms with Gasteiger partial charge >= 0.3 is 0 Å². The smallest absolute Gasteiger partial charge is 0.244 e. The predicted octanol–water partition coefficient (Wildman–Crippen LogP) is 1.29. The van der Waals surface area contributed by atoms with Crippen LogP contribution in [0.3, 0.4) is 0 Å². The number of hydrogen-bond acceptors (Lipinski definition) is 5. The topological polar surface area (TPSA) is 95.8 Å². The zero-order chi connectivity index (χ0) is 16.8. The fourth-order valence-electron chi connectivity index (χ4n) is 3.18. The number of benzene rings is 1. The van der Waals surface area contributed by atoms with Crippen molar-refractivity contribution < 1.29 is 22.7 Å². The first kappa shape index (κ1) is 15.9. The Morgan fingerprint density at radius 2 is 2.17 bits per heavy atom. The minimum absolute atomic E-state index is 0.00747. The number of halogens is 1. The molecule has 1 heterocycles. The Labute approximate surface area is 133 Å². The molecule has 2 aliphatic rings. The first-order chi connectivity index (χ1) is 10.8. The quantitative estimate of drug-likeness (QED) is 0.793. The molecule has 2 atom stereocenters. The summed E-state index contributed by atoms with van der Waals surface area (Å²) in [4.78, 5) is 12.0. The molecule has 6 nitrogen and oxygen atoms in total.